The zero-order chi connectivity index (χ0) is 28.2. The molecule has 0 aliphatic heterocycles. The van der Waals surface area contributed by atoms with E-state index in [0.717, 1.165) is 49.8 Å². The maximum absolute atomic E-state index is 13.7. The zero-order valence-corrected chi connectivity index (χ0v) is 24.1. The summed E-state index contributed by atoms with van der Waals surface area (Å²) in [4.78, 5) is 28.1. The fraction of sp³-hybridized carbons (Fsp3) is 0.516. The summed E-state index contributed by atoms with van der Waals surface area (Å²) in [7, 11) is 3.09. The lowest BCUT2D eigenvalue weighted by Gasteiger charge is -2.31. The Balaban J connectivity index is 1.34. The van der Waals surface area contributed by atoms with Crippen LogP contribution in [0.4, 0.5) is 5.69 Å². The Morgan fingerprint density at radius 2 is 1.77 bits per heavy atom. The topological polar surface area (TPSA) is 110 Å². The van der Waals surface area contributed by atoms with E-state index in [-0.39, 0.29) is 41.7 Å². The Morgan fingerprint density at radius 3 is 2.50 bits per heavy atom. The van der Waals surface area contributed by atoms with E-state index < -0.39 is 0 Å². The number of fused-ring (bicyclic) bond motifs is 2. The molecule has 2 amide bonds. The van der Waals surface area contributed by atoms with Crippen LogP contribution in [0.2, 0.25) is 0 Å². The predicted molar refractivity (Wildman–Crippen MR) is 153 cm³/mol. The number of benzene rings is 2. The largest absolute Gasteiger partial charge is 0.496 e. The van der Waals surface area contributed by atoms with Gasteiger partial charge in [-0.3, -0.25) is 9.59 Å². The second-order valence-corrected chi connectivity index (χ2v) is 12.3. The third-order valence-electron chi connectivity index (χ3n) is 8.72. The van der Waals surface area contributed by atoms with Crippen molar-refractivity contribution in [2.45, 2.75) is 68.9 Å². The van der Waals surface area contributed by atoms with Crippen molar-refractivity contribution in [1.82, 2.24) is 5.32 Å². The van der Waals surface area contributed by atoms with Crippen LogP contribution in [0.25, 0.3) is 0 Å². The van der Waals surface area contributed by atoms with Crippen molar-refractivity contribution in [1.29, 1.82) is 5.26 Å². The average Bonchev–Trinajstić information content (AvgIpc) is 3.56. The molecule has 0 aromatic heterocycles. The van der Waals surface area contributed by atoms with E-state index in [2.05, 4.69) is 23.6 Å². The van der Waals surface area contributed by atoms with E-state index in [0.29, 0.717) is 34.2 Å². The first-order valence-electron chi connectivity index (χ1n) is 14.1. The molecule has 40 heavy (non-hydrogen) atoms. The molecule has 2 aromatic carbocycles. The minimum Gasteiger partial charge on any atom is -0.496 e. The van der Waals surface area contributed by atoms with Crippen LogP contribution in [-0.2, 0) is 8.98 Å². The lowest BCUT2D eigenvalue weighted by atomic mass is 9.83. The van der Waals surface area contributed by atoms with E-state index in [1.807, 2.05) is 24.3 Å². The van der Waals surface area contributed by atoms with Gasteiger partial charge in [0.2, 0.25) is 5.91 Å². The first kappa shape index (κ1) is 28.3. The number of hydrogen-bond donors (Lipinski definition) is 2. The van der Waals surface area contributed by atoms with Gasteiger partial charge in [-0.1, -0.05) is 13.0 Å². The number of hydrogen-bond acceptors (Lipinski definition) is 7. The SMILES string of the molecule is COSc1cccc(NC(=O)[C@H]2[C@@H]3CC[C@@H](C3)[C@H]2NC(=O)c2cc(OC3CCC(C)CC3)c(C#N)cc2OC)c1. The standard InChI is InChI=1S/C31H37N3O5S/c1-18-7-11-23(12-8-18)39-26-16-25(27(37-2)14-21(26)17-32)30(35)34-29-20-10-9-19(13-20)28(29)31(36)33-22-5-4-6-24(15-22)40-38-3/h4-6,14-16,18-20,23,28-29H,7-13H2,1-3H3,(H,33,36)(H,34,35)/t18?,19-,20+,23?,28+,29-/m1/s1. The van der Waals surface area contributed by atoms with Gasteiger partial charge in [-0.05, 0) is 87.0 Å². The highest BCUT2D eigenvalue weighted by Crippen LogP contribution is 2.49. The van der Waals surface area contributed by atoms with Gasteiger partial charge in [0.1, 0.15) is 17.6 Å². The van der Waals surface area contributed by atoms with Crippen molar-refractivity contribution in [3.05, 3.63) is 47.5 Å². The molecule has 0 radical (unpaired) electrons. The number of amides is 2. The van der Waals surface area contributed by atoms with E-state index >= 15 is 0 Å². The second kappa shape index (κ2) is 12.5. The van der Waals surface area contributed by atoms with Crippen molar-refractivity contribution in [3.8, 4) is 17.6 Å². The number of rotatable bonds is 9. The molecular formula is C31H37N3O5S. The molecule has 5 rings (SSSR count). The molecule has 0 spiro atoms. The highest BCUT2D eigenvalue weighted by Gasteiger charge is 2.51. The number of nitrogens with zero attached hydrogens (tertiary/aromatic N) is 1. The summed E-state index contributed by atoms with van der Waals surface area (Å²) in [6.07, 6.45) is 6.92. The van der Waals surface area contributed by atoms with E-state index in [1.165, 1.54) is 19.2 Å². The molecule has 0 saturated heterocycles. The van der Waals surface area contributed by atoms with Gasteiger partial charge in [0.15, 0.2) is 0 Å². The fourth-order valence-corrected chi connectivity index (χ4v) is 7.17. The van der Waals surface area contributed by atoms with Gasteiger partial charge in [0.25, 0.3) is 5.91 Å². The van der Waals surface area contributed by atoms with Gasteiger partial charge >= 0.3 is 0 Å². The molecule has 2 N–H and O–H groups in total. The number of anilines is 1. The Kier molecular flexibility index (Phi) is 8.87. The van der Waals surface area contributed by atoms with Gasteiger partial charge < -0.3 is 24.3 Å². The van der Waals surface area contributed by atoms with Crippen molar-refractivity contribution in [3.63, 3.8) is 0 Å². The number of carbonyl (C=O) groups excluding carboxylic acids is 2. The lowest BCUT2D eigenvalue weighted by Crippen LogP contribution is -2.48. The van der Waals surface area contributed by atoms with E-state index in [1.54, 1.807) is 19.2 Å². The molecule has 8 nitrogen and oxygen atoms in total. The van der Waals surface area contributed by atoms with Gasteiger partial charge in [-0.25, -0.2) is 0 Å². The van der Waals surface area contributed by atoms with Crippen LogP contribution in [-0.4, -0.2) is 38.2 Å². The summed E-state index contributed by atoms with van der Waals surface area (Å²) in [6, 6.07) is 12.6. The lowest BCUT2D eigenvalue weighted by molar-refractivity contribution is -0.122. The maximum atomic E-state index is 13.7. The molecule has 3 aliphatic carbocycles. The average molecular weight is 564 g/mol. The number of nitrogens with one attached hydrogen (secondary N) is 2. The predicted octanol–water partition coefficient (Wildman–Crippen LogP) is 5.96. The monoisotopic (exact) mass is 563 g/mol. The molecule has 2 bridgehead atoms. The Hall–Kier alpha value is -3.22. The number of methoxy groups -OCH3 is 1. The molecule has 3 fully saturated rings. The quantitative estimate of drug-likeness (QED) is 0.362. The summed E-state index contributed by atoms with van der Waals surface area (Å²) in [5.41, 5.74) is 1.36. The number of nitriles is 1. The molecule has 9 heteroatoms. The van der Waals surface area contributed by atoms with Crippen LogP contribution in [0, 0.1) is 35.0 Å². The Labute approximate surface area is 240 Å². The third-order valence-corrected chi connectivity index (χ3v) is 9.33. The minimum atomic E-state index is -0.328. The van der Waals surface area contributed by atoms with Crippen LogP contribution >= 0.6 is 12.0 Å². The summed E-state index contributed by atoms with van der Waals surface area (Å²) in [6.45, 7) is 2.24. The smallest absolute Gasteiger partial charge is 0.255 e. The summed E-state index contributed by atoms with van der Waals surface area (Å²) in [5, 5.41) is 16.0. The van der Waals surface area contributed by atoms with Gasteiger partial charge in [0.05, 0.1) is 37.4 Å². The van der Waals surface area contributed by atoms with Crippen LogP contribution in [0.3, 0.4) is 0 Å². The normalized spacial score (nSPS) is 27.1. The van der Waals surface area contributed by atoms with Crippen molar-refractivity contribution < 1.29 is 23.2 Å². The van der Waals surface area contributed by atoms with Crippen LogP contribution < -0.4 is 20.1 Å². The van der Waals surface area contributed by atoms with Crippen molar-refractivity contribution >= 4 is 29.5 Å². The van der Waals surface area contributed by atoms with E-state index in [9.17, 15) is 14.9 Å². The summed E-state index contributed by atoms with van der Waals surface area (Å²) in [5.74, 6) is 1.13. The maximum Gasteiger partial charge on any atom is 0.255 e. The number of carbonyl (C=O) groups is 2. The van der Waals surface area contributed by atoms with Gasteiger partial charge in [-0.2, -0.15) is 5.26 Å². The van der Waals surface area contributed by atoms with Crippen molar-refractivity contribution in [2.75, 3.05) is 19.5 Å². The molecule has 0 heterocycles. The molecule has 2 aromatic rings. The third kappa shape index (κ3) is 6.08. The van der Waals surface area contributed by atoms with Crippen LogP contribution in [0.1, 0.15) is 67.8 Å². The van der Waals surface area contributed by atoms with Crippen LogP contribution in [0.15, 0.2) is 41.3 Å². The highest BCUT2D eigenvalue weighted by atomic mass is 32.2. The van der Waals surface area contributed by atoms with E-state index in [4.69, 9.17) is 13.7 Å². The van der Waals surface area contributed by atoms with Gasteiger partial charge in [-0.15, -0.1) is 0 Å². The summed E-state index contributed by atoms with van der Waals surface area (Å²) >= 11 is 1.23. The Morgan fingerprint density at radius 1 is 1.00 bits per heavy atom. The van der Waals surface area contributed by atoms with Crippen LogP contribution in [0.5, 0.6) is 11.5 Å². The Bertz CT molecular complexity index is 1290. The molecule has 3 aliphatic rings. The molecule has 4 atom stereocenters. The molecule has 0 unspecified atom stereocenters. The second-order valence-electron chi connectivity index (χ2n) is 11.3. The zero-order valence-electron chi connectivity index (χ0n) is 23.3. The first-order valence-corrected chi connectivity index (χ1v) is 14.9. The van der Waals surface area contributed by atoms with Crippen molar-refractivity contribution in [2.24, 2.45) is 23.7 Å². The highest BCUT2D eigenvalue weighted by molar-refractivity contribution is 7.94. The summed E-state index contributed by atoms with van der Waals surface area (Å²) < 4.78 is 16.9. The first-order chi connectivity index (χ1) is 19.4. The fourth-order valence-electron chi connectivity index (χ4n) is 6.67. The molecular weight excluding hydrogens is 526 g/mol. The molecule has 212 valence electrons. The number of ether oxygens (including phenoxy) is 2. The molecule has 3 saturated carbocycles. The van der Waals surface area contributed by atoms with Gasteiger partial charge in [0, 0.05) is 34.7 Å². The minimum absolute atomic E-state index is 0.0204.